The minimum atomic E-state index is -0.466. The van der Waals surface area contributed by atoms with Crippen LogP contribution in [0.4, 0.5) is 17.3 Å². The van der Waals surface area contributed by atoms with E-state index in [9.17, 15) is 10.1 Å². The number of anilines is 2. The molecule has 2 aromatic rings. The summed E-state index contributed by atoms with van der Waals surface area (Å²) >= 11 is 0. The van der Waals surface area contributed by atoms with Gasteiger partial charge in [0.15, 0.2) is 0 Å². The Kier molecular flexibility index (Phi) is 7.68. The highest BCUT2D eigenvalue weighted by atomic mass is 16.6. The molecule has 0 bridgehead atoms. The molecule has 0 unspecified atom stereocenters. The predicted octanol–water partition coefficient (Wildman–Crippen LogP) is 2.34. The molecule has 0 atom stereocenters. The maximum Gasteiger partial charge on any atom is 0.353 e. The maximum atomic E-state index is 12.0. The van der Waals surface area contributed by atoms with Crippen LogP contribution in [0, 0.1) is 32.8 Å². The molecule has 1 aromatic heterocycles. The molecular formula is C21H24N8O2. The van der Waals surface area contributed by atoms with Gasteiger partial charge in [0.05, 0.1) is 29.9 Å². The molecule has 0 spiro atoms. The van der Waals surface area contributed by atoms with Crippen molar-refractivity contribution in [3.63, 3.8) is 0 Å². The second-order valence-corrected chi connectivity index (χ2v) is 7.18. The van der Waals surface area contributed by atoms with Crippen molar-refractivity contribution in [1.29, 1.82) is 10.5 Å². The van der Waals surface area contributed by atoms with Crippen LogP contribution in [-0.2, 0) is 6.54 Å². The minimum Gasteiger partial charge on any atom is -0.349 e. The number of nitro groups is 1. The summed E-state index contributed by atoms with van der Waals surface area (Å²) in [4.78, 5) is 25.7. The van der Waals surface area contributed by atoms with Crippen LogP contribution < -0.4 is 9.80 Å². The molecule has 0 N–H and O–H groups in total. The minimum absolute atomic E-state index is 0.159. The van der Waals surface area contributed by atoms with Gasteiger partial charge in [-0.3, -0.25) is 15.0 Å². The lowest BCUT2D eigenvalue weighted by molar-refractivity contribution is -0.383. The van der Waals surface area contributed by atoms with Gasteiger partial charge >= 0.3 is 5.69 Å². The van der Waals surface area contributed by atoms with Crippen LogP contribution in [0.15, 0.2) is 36.7 Å². The quantitative estimate of drug-likeness (QED) is 0.443. The van der Waals surface area contributed by atoms with Gasteiger partial charge in [-0.15, -0.1) is 0 Å². The van der Waals surface area contributed by atoms with E-state index >= 15 is 0 Å². The SMILES string of the molecule is N#CCCN(CCC#N)c1ncnc(N2CCN(Cc3ccccc3)CC2)c1[N+](=O)[O-]. The monoisotopic (exact) mass is 420 g/mol. The summed E-state index contributed by atoms with van der Waals surface area (Å²) < 4.78 is 0. The molecule has 1 fully saturated rings. The van der Waals surface area contributed by atoms with Gasteiger partial charge in [0.1, 0.15) is 6.33 Å². The molecule has 10 heteroatoms. The topological polar surface area (TPSA) is 126 Å². The van der Waals surface area contributed by atoms with Crippen molar-refractivity contribution in [3.05, 3.63) is 52.3 Å². The first kappa shape index (κ1) is 21.9. The number of nitrogens with zero attached hydrogens (tertiary/aromatic N) is 8. The average molecular weight is 420 g/mol. The summed E-state index contributed by atoms with van der Waals surface area (Å²) in [5.74, 6) is 0.445. The zero-order chi connectivity index (χ0) is 22.1. The number of hydrogen-bond acceptors (Lipinski definition) is 9. The molecule has 10 nitrogen and oxygen atoms in total. The third-order valence-electron chi connectivity index (χ3n) is 5.17. The normalized spacial score (nSPS) is 13.9. The Morgan fingerprint density at radius 1 is 1.03 bits per heavy atom. The van der Waals surface area contributed by atoms with E-state index < -0.39 is 4.92 Å². The number of piperazine rings is 1. The van der Waals surface area contributed by atoms with Gasteiger partial charge in [-0.05, 0) is 5.56 Å². The van der Waals surface area contributed by atoms with Crippen LogP contribution in [-0.4, -0.2) is 59.1 Å². The predicted molar refractivity (Wildman–Crippen MR) is 115 cm³/mol. The molecule has 1 aliphatic rings. The van der Waals surface area contributed by atoms with Crippen LogP contribution in [0.5, 0.6) is 0 Å². The highest BCUT2D eigenvalue weighted by Gasteiger charge is 2.31. The zero-order valence-electron chi connectivity index (χ0n) is 17.2. The third kappa shape index (κ3) is 5.65. The van der Waals surface area contributed by atoms with E-state index in [2.05, 4.69) is 27.0 Å². The molecule has 0 aliphatic carbocycles. The van der Waals surface area contributed by atoms with E-state index in [4.69, 9.17) is 10.5 Å². The molecule has 3 rings (SSSR count). The lowest BCUT2D eigenvalue weighted by Gasteiger charge is -2.35. The molecule has 31 heavy (non-hydrogen) atoms. The maximum absolute atomic E-state index is 12.0. The first-order valence-corrected chi connectivity index (χ1v) is 10.1. The fourth-order valence-corrected chi connectivity index (χ4v) is 3.64. The average Bonchev–Trinajstić information content (AvgIpc) is 2.80. The molecule has 1 saturated heterocycles. The lowest BCUT2D eigenvalue weighted by atomic mass is 10.2. The van der Waals surface area contributed by atoms with Crippen molar-refractivity contribution < 1.29 is 4.92 Å². The molecule has 0 amide bonds. The summed E-state index contributed by atoms with van der Waals surface area (Å²) in [5.41, 5.74) is 1.06. The fraction of sp³-hybridized carbons (Fsp3) is 0.429. The largest absolute Gasteiger partial charge is 0.353 e. The third-order valence-corrected chi connectivity index (χ3v) is 5.17. The smallest absolute Gasteiger partial charge is 0.349 e. The Bertz CT molecular complexity index is 944. The first-order valence-electron chi connectivity index (χ1n) is 10.1. The molecule has 1 aliphatic heterocycles. The number of nitriles is 2. The van der Waals surface area contributed by atoms with Crippen LogP contribution in [0.25, 0.3) is 0 Å². The van der Waals surface area contributed by atoms with Gasteiger partial charge in [0, 0.05) is 45.8 Å². The standard InChI is InChI=1S/C21H24N8O2/c22-8-4-10-27(11-5-9-23)20-19(29(30)31)21(25-17-24-20)28-14-12-26(13-15-28)16-18-6-2-1-3-7-18/h1-3,6-7,17H,4-5,10-16H2. The van der Waals surface area contributed by atoms with Crippen LogP contribution in [0.3, 0.4) is 0 Å². The van der Waals surface area contributed by atoms with Crippen LogP contribution >= 0.6 is 0 Å². The van der Waals surface area contributed by atoms with E-state index in [-0.39, 0.29) is 43.3 Å². The van der Waals surface area contributed by atoms with Crippen molar-refractivity contribution in [3.8, 4) is 12.1 Å². The van der Waals surface area contributed by atoms with E-state index in [0.29, 0.717) is 13.1 Å². The van der Waals surface area contributed by atoms with Gasteiger partial charge in [0.25, 0.3) is 0 Å². The van der Waals surface area contributed by atoms with E-state index in [0.717, 1.165) is 19.6 Å². The van der Waals surface area contributed by atoms with Gasteiger partial charge in [-0.1, -0.05) is 30.3 Å². The van der Waals surface area contributed by atoms with Crippen molar-refractivity contribution in [2.24, 2.45) is 0 Å². The van der Waals surface area contributed by atoms with Gasteiger partial charge in [-0.2, -0.15) is 10.5 Å². The summed E-state index contributed by atoms with van der Waals surface area (Å²) in [5, 5.41) is 29.8. The number of rotatable bonds is 9. The summed E-state index contributed by atoms with van der Waals surface area (Å²) in [6.45, 7) is 4.11. The van der Waals surface area contributed by atoms with Crippen molar-refractivity contribution in [2.75, 3.05) is 49.1 Å². The highest BCUT2D eigenvalue weighted by molar-refractivity contribution is 5.71. The Balaban J connectivity index is 1.78. The number of hydrogen-bond donors (Lipinski definition) is 0. The van der Waals surface area contributed by atoms with Crippen LogP contribution in [0.2, 0.25) is 0 Å². The Morgan fingerprint density at radius 2 is 1.68 bits per heavy atom. The van der Waals surface area contributed by atoms with E-state index in [1.165, 1.54) is 11.9 Å². The zero-order valence-corrected chi connectivity index (χ0v) is 17.2. The first-order chi connectivity index (χ1) is 15.1. The summed E-state index contributed by atoms with van der Waals surface area (Å²) in [7, 11) is 0. The molecule has 0 radical (unpaired) electrons. The molecule has 160 valence electrons. The molecule has 0 saturated carbocycles. The Labute approximate surface area is 181 Å². The highest BCUT2D eigenvalue weighted by Crippen LogP contribution is 2.34. The second-order valence-electron chi connectivity index (χ2n) is 7.18. The molecule has 1 aromatic carbocycles. The van der Waals surface area contributed by atoms with Crippen LogP contribution in [0.1, 0.15) is 18.4 Å². The summed E-state index contributed by atoms with van der Waals surface area (Å²) in [6.07, 6.45) is 1.68. The Hall–Kier alpha value is -3.76. The lowest BCUT2D eigenvalue weighted by Crippen LogP contribution is -2.46. The molecular weight excluding hydrogens is 396 g/mol. The van der Waals surface area contributed by atoms with Crippen molar-refractivity contribution in [1.82, 2.24) is 14.9 Å². The van der Waals surface area contributed by atoms with Crippen molar-refractivity contribution >= 4 is 17.3 Å². The van der Waals surface area contributed by atoms with Gasteiger partial charge < -0.3 is 9.80 Å². The Morgan fingerprint density at radius 3 is 2.26 bits per heavy atom. The van der Waals surface area contributed by atoms with Gasteiger partial charge in [-0.25, -0.2) is 9.97 Å². The second kappa shape index (κ2) is 10.9. The fourth-order valence-electron chi connectivity index (χ4n) is 3.64. The summed E-state index contributed by atoms with van der Waals surface area (Å²) in [6, 6.07) is 14.3. The van der Waals surface area contributed by atoms with Crippen molar-refractivity contribution in [2.45, 2.75) is 19.4 Å². The van der Waals surface area contributed by atoms with Gasteiger partial charge in [0.2, 0.25) is 11.6 Å². The number of aromatic nitrogens is 2. The van der Waals surface area contributed by atoms with E-state index in [1.54, 1.807) is 4.90 Å². The van der Waals surface area contributed by atoms with E-state index in [1.807, 2.05) is 35.2 Å². The molecule has 2 heterocycles. The number of benzene rings is 1.